The van der Waals surface area contributed by atoms with E-state index < -0.39 is 35.8 Å². The number of anilines is 2. The molecule has 2 aromatic heterocycles. The molecule has 4 heterocycles. The van der Waals surface area contributed by atoms with E-state index in [1.807, 2.05) is 4.90 Å². The number of piperidine rings is 1. The molecule has 1 amide bonds. The van der Waals surface area contributed by atoms with Gasteiger partial charge in [0.1, 0.15) is 11.6 Å². The number of nitrogens with one attached hydrogen (secondary N) is 1. The van der Waals surface area contributed by atoms with E-state index in [4.69, 9.17) is 16.3 Å². The molecule has 14 heteroatoms. The number of carboxylic acid groups (broad SMARTS) is 1. The molecule has 11 nitrogen and oxygen atoms in total. The molecule has 206 valence electrons. The van der Waals surface area contributed by atoms with Crippen molar-refractivity contribution >= 4 is 29.6 Å². The highest BCUT2D eigenvalue weighted by Gasteiger charge is 2.38. The summed E-state index contributed by atoms with van der Waals surface area (Å²) in [6.07, 6.45) is 4.75. The number of amides is 1. The lowest BCUT2D eigenvalue weighted by Crippen LogP contribution is -2.46. The topological polar surface area (TPSA) is 137 Å². The zero-order valence-electron chi connectivity index (χ0n) is 20.6. The Balaban J connectivity index is 1.19. The van der Waals surface area contributed by atoms with Crippen LogP contribution in [0.4, 0.5) is 25.5 Å². The fraction of sp³-hybridized carbons (Fsp3) is 0.400. The second-order valence-corrected chi connectivity index (χ2v) is 9.96. The van der Waals surface area contributed by atoms with Crippen LogP contribution in [0, 0.1) is 17.6 Å². The number of nitrogens with zero attached hydrogens (tertiary/aromatic N) is 6. The lowest BCUT2D eigenvalue weighted by Gasteiger charge is -2.35. The molecule has 2 saturated heterocycles. The van der Waals surface area contributed by atoms with Gasteiger partial charge in [-0.3, -0.25) is 0 Å². The molecule has 5 rings (SSSR count). The number of hydrogen-bond donors (Lipinski definition) is 3. The van der Waals surface area contributed by atoms with Crippen molar-refractivity contribution in [2.24, 2.45) is 5.92 Å². The van der Waals surface area contributed by atoms with Gasteiger partial charge in [-0.15, -0.1) is 0 Å². The van der Waals surface area contributed by atoms with Gasteiger partial charge in [0.25, 0.3) is 0 Å². The quantitative estimate of drug-likeness (QED) is 0.395. The minimum atomic E-state index is -1.26. The van der Waals surface area contributed by atoms with Gasteiger partial charge in [0.2, 0.25) is 11.9 Å². The fourth-order valence-corrected chi connectivity index (χ4v) is 5.06. The highest BCUT2D eigenvalue weighted by Crippen LogP contribution is 2.32. The van der Waals surface area contributed by atoms with Crippen molar-refractivity contribution < 1.29 is 28.5 Å². The molecule has 0 bridgehead atoms. The third-order valence-electron chi connectivity index (χ3n) is 6.96. The number of ether oxygens (including phenoxy) is 1. The first kappa shape index (κ1) is 26.8. The minimum Gasteiger partial charge on any atom is -0.490 e. The van der Waals surface area contributed by atoms with Gasteiger partial charge in [0, 0.05) is 38.0 Å². The highest BCUT2D eigenvalue weighted by molar-refractivity contribution is 6.30. The van der Waals surface area contributed by atoms with Crippen molar-refractivity contribution in [1.82, 2.24) is 25.3 Å². The van der Waals surface area contributed by atoms with E-state index in [0.29, 0.717) is 42.2 Å². The van der Waals surface area contributed by atoms with E-state index in [1.54, 1.807) is 4.90 Å². The molecule has 0 spiro atoms. The number of carbonyl (C=O) groups is 1. The first-order valence-corrected chi connectivity index (χ1v) is 12.7. The predicted octanol–water partition coefficient (Wildman–Crippen LogP) is 2.70. The molecule has 3 N–H and O–H groups in total. The molecule has 4 atom stereocenters. The second-order valence-electron chi connectivity index (χ2n) is 9.53. The highest BCUT2D eigenvalue weighted by atomic mass is 35.5. The van der Waals surface area contributed by atoms with Crippen LogP contribution in [0.3, 0.4) is 0 Å². The van der Waals surface area contributed by atoms with Gasteiger partial charge in [-0.1, -0.05) is 11.6 Å². The van der Waals surface area contributed by atoms with Crippen LogP contribution in [-0.2, 0) is 0 Å². The fourth-order valence-electron chi connectivity index (χ4n) is 4.96. The third kappa shape index (κ3) is 6.25. The van der Waals surface area contributed by atoms with Gasteiger partial charge < -0.3 is 30.1 Å². The Morgan fingerprint density at radius 2 is 1.74 bits per heavy atom. The Bertz CT molecular complexity index is 1300. The molecule has 2 fully saturated rings. The van der Waals surface area contributed by atoms with Crippen molar-refractivity contribution in [3.8, 4) is 5.75 Å². The summed E-state index contributed by atoms with van der Waals surface area (Å²) in [4.78, 5) is 32.0. The summed E-state index contributed by atoms with van der Waals surface area (Å²) in [6, 6.07) is 2.44. The lowest BCUT2D eigenvalue weighted by molar-refractivity contribution is 0.0611. The number of β-amino-alcohol motifs (C(OH)–C–C–N with tert-alkyl or cyclic N) is 1. The van der Waals surface area contributed by atoms with Crippen LogP contribution >= 0.6 is 11.6 Å². The Labute approximate surface area is 227 Å². The van der Waals surface area contributed by atoms with Crippen molar-refractivity contribution in [2.45, 2.75) is 24.5 Å². The Morgan fingerprint density at radius 3 is 2.44 bits per heavy atom. The number of aliphatic hydroxyl groups excluding tert-OH is 1. The molecule has 0 unspecified atom stereocenters. The molecule has 39 heavy (non-hydrogen) atoms. The van der Waals surface area contributed by atoms with Crippen LogP contribution in [0.1, 0.15) is 17.9 Å². The van der Waals surface area contributed by atoms with E-state index >= 15 is 0 Å². The molecule has 0 saturated carbocycles. The van der Waals surface area contributed by atoms with Crippen molar-refractivity contribution in [3.05, 3.63) is 65.2 Å². The smallest absolute Gasteiger partial charge is 0.404 e. The Kier molecular flexibility index (Phi) is 7.89. The Hall–Kier alpha value is -3.84. The number of rotatable bonds is 7. The summed E-state index contributed by atoms with van der Waals surface area (Å²) >= 11 is 5.84. The van der Waals surface area contributed by atoms with Crippen LogP contribution in [0.25, 0.3) is 0 Å². The average Bonchev–Trinajstić information content (AvgIpc) is 3.33. The molecule has 0 radical (unpaired) electrons. The van der Waals surface area contributed by atoms with Crippen molar-refractivity contribution in [1.29, 1.82) is 0 Å². The van der Waals surface area contributed by atoms with Gasteiger partial charge in [0.15, 0.2) is 5.75 Å². The van der Waals surface area contributed by atoms with Crippen LogP contribution in [0.15, 0.2) is 43.0 Å². The van der Waals surface area contributed by atoms with Gasteiger partial charge in [-0.05, 0) is 30.2 Å². The van der Waals surface area contributed by atoms with Crippen LogP contribution in [0.2, 0.25) is 5.02 Å². The third-order valence-corrected chi connectivity index (χ3v) is 7.15. The van der Waals surface area contributed by atoms with Gasteiger partial charge in [-0.2, -0.15) is 0 Å². The predicted molar refractivity (Wildman–Crippen MR) is 137 cm³/mol. The lowest BCUT2D eigenvalue weighted by atomic mass is 9.94. The standard InChI is InChI=1S/C25H26ClF2N7O4/c26-15-6-29-23(30-7-15)34-4-3-14(22(36)12-34)13-39-17-8-31-24(32-9-17)35-10-19(21(11-35)33-25(37)38)18-5-16(27)1-2-20(18)28/h1-2,5-9,14,19,21-22,33,36H,3-4,10-13H2,(H,37,38)/t14-,19-,21+,22-/m1/s1. The summed E-state index contributed by atoms with van der Waals surface area (Å²) in [5.74, 6) is -0.758. The zero-order chi connectivity index (χ0) is 27.5. The van der Waals surface area contributed by atoms with Crippen molar-refractivity contribution in [3.63, 3.8) is 0 Å². The summed E-state index contributed by atoms with van der Waals surface area (Å²) < 4.78 is 34.1. The maximum absolute atomic E-state index is 14.5. The maximum Gasteiger partial charge on any atom is 0.404 e. The van der Waals surface area contributed by atoms with E-state index in [9.17, 15) is 23.8 Å². The maximum atomic E-state index is 14.5. The van der Waals surface area contributed by atoms with Crippen LogP contribution in [0.5, 0.6) is 5.75 Å². The Morgan fingerprint density at radius 1 is 1.05 bits per heavy atom. The molecular weight excluding hydrogens is 536 g/mol. The molecule has 3 aromatic rings. The van der Waals surface area contributed by atoms with E-state index in [2.05, 4.69) is 25.3 Å². The van der Waals surface area contributed by atoms with Crippen LogP contribution < -0.4 is 19.9 Å². The minimum absolute atomic E-state index is 0.0865. The normalized spacial score (nSPS) is 23.1. The molecule has 1 aromatic carbocycles. The largest absolute Gasteiger partial charge is 0.490 e. The number of benzene rings is 1. The van der Waals surface area contributed by atoms with Gasteiger partial charge in [-0.25, -0.2) is 33.5 Å². The number of halogens is 3. The number of aliphatic hydroxyl groups is 1. The second kappa shape index (κ2) is 11.5. The van der Waals surface area contributed by atoms with E-state index in [1.165, 1.54) is 24.8 Å². The zero-order valence-corrected chi connectivity index (χ0v) is 21.4. The first-order chi connectivity index (χ1) is 18.8. The molecule has 0 aliphatic carbocycles. The van der Waals surface area contributed by atoms with E-state index in [-0.39, 0.29) is 31.2 Å². The van der Waals surface area contributed by atoms with Crippen LogP contribution in [-0.4, -0.2) is 81.2 Å². The summed E-state index contributed by atoms with van der Waals surface area (Å²) in [5, 5.41) is 22.7. The van der Waals surface area contributed by atoms with Crippen molar-refractivity contribution in [2.75, 3.05) is 42.6 Å². The first-order valence-electron chi connectivity index (χ1n) is 12.3. The van der Waals surface area contributed by atoms with Gasteiger partial charge in [0.05, 0.1) is 48.6 Å². The number of hydrogen-bond acceptors (Lipinski definition) is 9. The van der Waals surface area contributed by atoms with Gasteiger partial charge >= 0.3 is 6.09 Å². The summed E-state index contributed by atoms with van der Waals surface area (Å²) in [6.45, 7) is 1.63. The summed E-state index contributed by atoms with van der Waals surface area (Å²) in [7, 11) is 0. The van der Waals surface area contributed by atoms with E-state index in [0.717, 1.165) is 18.2 Å². The monoisotopic (exact) mass is 561 g/mol. The average molecular weight is 562 g/mol. The molecule has 2 aliphatic heterocycles. The summed E-state index contributed by atoms with van der Waals surface area (Å²) in [5.41, 5.74) is 0.0865. The number of aromatic nitrogens is 4. The molecule has 2 aliphatic rings. The molecular formula is C25H26ClF2N7O4. The SMILES string of the molecule is O=C(O)N[C@H]1CN(c2ncc(OC[C@H]3CCN(c4ncc(Cl)cn4)C[C@H]3O)cn2)C[C@@H]1c1cc(F)ccc1F.